The van der Waals surface area contributed by atoms with E-state index in [0.717, 1.165) is 39.1 Å². The maximum atomic E-state index is 6.07. The standard InChI is InChI=1S/C10H21NO2/c1-2-3-6-12-7-4-10(11)5-8-13-9-10/h2-9,11H2,1H3. The molecule has 78 valence electrons. The number of rotatable bonds is 6. The van der Waals surface area contributed by atoms with Crippen LogP contribution in [0.1, 0.15) is 32.6 Å². The van der Waals surface area contributed by atoms with E-state index in [2.05, 4.69) is 6.92 Å². The van der Waals surface area contributed by atoms with E-state index in [4.69, 9.17) is 15.2 Å². The van der Waals surface area contributed by atoms with Gasteiger partial charge in [-0.1, -0.05) is 13.3 Å². The third-order valence-corrected chi connectivity index (χ3v) is 2.52. The first-order valence-electron chi connectivity index (χ1n) is 5.21. The van der Waals surface area contributed by atoms with Crippen LogP contribution in [0.5, 0.6) is 0 Å². The number of nitrogens with two attached hydrogens (primary N) is 1. The molecule has 3 heteroatoms. The largest absolute Gasteiger partial charge is 0.381 e. The van der Waals surface area contributed by atoms with E-state index in [1.54, 1.807) is 0 Å². The molecule has 1 saturated heterocycles. The lowest BCUT2D eigenvalue weighted by Crippen LogP contribution is -2.41. The lowest BCUT2D eigenvalue weighted by Gasteiger charge is -2.21. The molecule has 0 saturated carbocycles. The van der Waals surface area contributed by atoms with Crippen LogP contribution < -0.4 is 5.73 Å². The first-order chi connectivity index (χ1) is 6.27. The van der Waals surface area contributed by atoms with Crippen molar-refractivity contribution in [2.24, 2.45) is 5.73 Å². The van der Waals surface area contributed by atoms with E-state index in [1.807, 2.05) is 0 Å². The molecule has 1 rings (SSSR count). The predicted octanol–water partition coefficient (Wildman–Crippen LogP) is 1.31. The second-order valence-electron chi connectivity index (χ2n) is 3.88. The van der Waals surface area contributed by atoms with Gasteiger partial charge in [-0.2, -0.15) is 0 Å². The Labute approximate surface area is 80.6 Å². The van der Waals surface area contributed by atoms with Crippen LogP contribution in [0.4, 0.5) is 0 Å². The molecular formula is C10H21NO2. The fourth-order valence-electron chi connectivity index (χ4n) is 1.44. The number of unbranched alkanes of at least 4 members (excludes halogenated alkanes) is 1. The Morgan fingerprint density at radius 1 is 1.46 bits per heavy atom. The second kappa shape index (κ2) is 5.58. The molecule has 1 unspecified atom stereocenters. The van der Waals surface area contributed by atoms with Gasteiger partial charge in [0.1, 0.15) is 0 Å². The van der Waals surface area contributed by atoms with Crippen molar-refractivity contribution in [3.8, 4) is 0 Å². The summed E-state index contributed by atoms with van der Waals surface area (Å²) < 4.78 is 10.7. The Balaban J connectivity index is 1.98. The molecule has 3 nitrogen and oxygen atoms in total. The third kappa shape index (κ3) is 4.07. The number of hydrogen-bond donors (Lipinski definition) is 1. The molecule has 0 aliphatic carbocycles. The normalized spacial score (nSPS) is 28.2. The van der Waals surface area contributed by atoms with Gasteiger partial charge in [0, 0.05) is 25.4 Å². The molecular weight excluding hydrogens is 166 g/mol. The second-order valence-corrected chi connectivity index (χ2v) is 3.88. The Bertz CT molecular complexity index is 133. The van der Waals surface area contributed by atoms with E-state index >= 15 is 0 Å². The Morgan fingerprint density at radius 3 is 2.92 bits per heavy atom. The topological polar surface area (TPSA) is 44.5 Å². The van der Waals surface area contributed by atoms with Gasteiger partial charge in [-0.15, -0.1) is 0 Å². The van der Waals surface area contributed by atoms with Gasteiger partial charge in [0.05, 0.1) is 6.61 Å². The molecule has 0 aromatic carbocycles. The molecule has 0 spiro atoms. The summed E-state index contributed by atoms with van der Waals surface area (Å²) in [7, 11) is 0. The molecule has 2 N–H and O–H groups in total. The minimum absolute atomic E-state index is 0.105. The van der Waals surface area contributed by atoms with E-state index < -0.39 is 0 Å². The van der Waals surface area contributed by atoms with Crippen LogP contribution in [0.2, 0.25) is 0 Å². The number of ether oxygens (including phenoxy) is 2. The van der Waals surface area contributed by atoms with E-state index in [-0.39, 0.29) is 5.54 Å². The molecule has 0 radical (unpaired) electrons. The minimum Gasteiger partial charge on any atom is -0.381 e. The monoisotopic (exact) mass is 187 g/mol. The molecule has 0 amide bonds. The highest BCUT2D eigenvalue weighted by Crippen LogP contribution is 2.19. The van der Waals surface area contributed by atoms with Crippen LogP contribution in [0.25, 0.3) is 0 Å². The summed E-state index contributed by atoms with van der Waals surface area (Å²) in [6.07, 6.45) is 4.24. The van der Waals surface area contributed by atoms with Gasteiger partial charge < -0.3 is 15.2 Å². The van der Waals surface area contributed by atoms with Crippen molar-refractivity contribution in [1.82, 2.24) is 0 Å². The summed E-state index contributed by atoms with van der Waals surface area (Å²) in [6, 6.07) is 0. The van der Waals surface area contributed by atoms with E-state index in [1.165, 1.54) is 6.42 Å². The summed E-state index contributed by atoms with van der Waals surface area (Å²) in [5.41, 5.74) is 5.96. The lowest BCUT2D eigenvalue weighted by molar-refractivity contribution is 0.105. The molecule has 1 atom stereocenters. The minimum atomic E-state index is -0.105. The van der Waals surface area contributed by atoms with Crippen LogP contribution >= 0.6 is 0 Å². The quantitative estimate of drug-likeness (QED) is 0.638. The summed E-state index contributed by atoms with van der Waals surface area (Å²) >= 11 is 0. The molecule has 1 fully saturated rings. The zero-order chi connectivity index (χ0) is 9.57. The van der Waals surface area contributed by atoms with Crippen LogP contribution in [0.15, 0.2) is 0 Å². The van der Waals surface area contributed by atoms with E-state index in [0.29, 0.717) is 6.61 Å². The zero-order valence-electron chi connectivity index (χ0n) is 8.55. The Kier molecular flexibility index (Phi) is 4.70. The van der Waals surface area contributed by atoms with Gasteiger partial charge in [-0.05, 0) is 19.3 Å². The van der Waals surface area contributed by atoms with Crippen molar-refractivity contribution in [3.05, 3.63) is 0 Å². The molecule has 0 aromatic rings. The first-order valence-corrected chi connectivity index (χ1v) is 5.21. The molecule has 1 aliphatic rings. The van der Waals surface area contributed by atoms with Crippen molar-refractivity contribution in [3.63, 3.8) is 0 Å². The summed E-state index contributed by atoms with van der Waals surface area (Å²) in [5, 5.41) is 0. The van der Waals surface area contributed by atoms with Gasteiger partial charge in [-0.3, -0.25) is 0 Å². The maximum Gasteiger partial charge on any atom is 0.0647 e. The predicted molar refractivity (Wildman–Crippen MR) is 52.7 cm³/mol. The molecule has 0 bridgehead atoms. The molecule has 1 aliphatic heterocycles. The van der Waals surface area contributed by atoms with Gasteiger partial charge in [0.2, 0.25) is 0 Å². The maximum absolute atomic E-state index is 6.07. The third-order valence-electron chi connectivity index (χ3n) is 2.52. The van der Waals surface area contributed by atoms with E-state index in [9.17, 15) is 0 Å². The molecule has 13 heavy (non-hydrogen) atoms. The highest BCUT2D eigenvalue weighted by Gasteiger charge is 2.29. The Hall–Kier alpha value is -0.120. The van der Waals surface area contributed by atoms with Crippen molar-refractivity contribution in [2.75, 3.05) is 26.4 Å². The average molecular weight is 187 g/mol. The van der Waals surface area contributed by atoms with Crippen molar-refractivity contribution in [2.45, 2.75) is 38.1 Å². The van der Waals surface area contributed by atoms with Gasteiger partial charge in [-0.25, -0.2) is 0 Å². The Morgan fingerprint density at radius 2 is 2.31 bits per heavy atom. The van der Waals surface area contributed by atoms with Crippen molar-refractivity contribution in [1.29, 1.82) is 0 Å². The zero-order valence-corrected chi connectivity index (χ0v) is 8.55. The smallest absolute Gasteiger partial charge is 0.0647 e. The highest BCUT2D eigenvalue weighted by molar-refractivity contribution is 4.87. The van der Waals surface area contributed by atoms with Crippen molar-refractivity contribution >= 4 is 0 Å². The number of hydrogen-bond acceptors (Lipinski definition) is 3. The van der Waals surface area contributed by atoms with Crippen LogP contribution in [-0.2, 0) is 9.47 Å². The molecule has 0 aromatic heterocycles. The average Bonchev–Trinajstić information content (AvgIpc) is 2.53. The summed E-state index contributed by atoms with van der Waals surface area (Å²) in [6.45, 7) is 5.32. The first kappa shape index (κ1) is 11.0. The summed E-state index contributed by atoms with van der Waals surface area (Å²) in [4.78, 5) is 0. The van der Waals surface area contributed by atoms with Crippen molar-refractivity contribution < 1.29 is 9.47 Å². The van der Waals surface area contributed by atoms with Crippen LogP contribution in [0, 0.1) is 0 Å². The fraction of sp³-hybridized carbons (Fsp3) is 1.00. The van der Waals surface area contributed by atoms with Crippen LogP contribution in [0.3, 0.4) is 0 Å². The van der Waals surface area contributed by atoms with Gasteiger partial charge in [0.25, 0.3) is 0 Å². The van der Waals surface area contributed by atoms with Gasteiger partial charge >= 0.3 is 0 Å². The summed E-state index contributed by atoms with van der Waals surface area (Å²) in [5.74, 6) is 0. The SMILES string of the molecule is CCCCOCCC1(N)CCOC1. The fourth-order valence-corrected chi connectivity index (χ4v) is 1.44. The molecule has 1 heterocycles. The van der Waals surface area contributed by atoms with Crippen LogP contribution in [-0.4, -0.2) is 32.0 Å². The van der Waals surface area contributed by atoms with Gasteiger partial charge in [0.15, 0.2) is 0 Å². The highest BCUT2D eigenvalue weighted by atomic mass is 16.5. The lowest BCUT2D eigenvalue weighted by atomic mass is 9.97.